The lowest BCUT2D eigenvalue weighted by Crippen LogP contribution is -2.31. The molecule has 176 valence electrons. The van der Waals surface area contributed by atoms with Crippen molar-refractivity contribution >= 4 is 51.4 Å². The Morgan fingerprint density at radius 2 is 1.71 bits per heavy atom. The standard InChI is InChI=1S/C26H23Cl2NO5/c1-33-12-6-11-29-22(18-10-5-8-15-7-3-4-9-17(15)18)21(24(31)26(29)32)23(30)16-13-19(27)25(34-2)20(28)14-16/h3-5,7-10,13-14,22,30H,6,11-12H2,1-2H3/b23-21+. The number of carbonyl (C=O) groups excluding carboxylic acids is 2. The number of aliphatic hydroxyl groups is 1. The van der Waals surface area contributed by atoms with Crippen LogP contribution in [0.5, 0.6) is 5.75 Å². The van der Waals surface area contributed by atoms with Gasteiger partial charge in [-0.15, -0.1) is 0 Å². The summed E-state index contributed by atoms with van der Waals surface area (Å²) in [4.78, 5) is 27.9. The zero-order valence-electron chi connectivity index (χ0n) is 18.7. The van der Waals surface area contributed by atoms with E-state index in [0.717, 1.165) is 16.3 Å². The van der Waals surface area contributed by atoms with Crippen LogP contribution in [-0.4, -0.2) is 49.1 Å². The Labute approximate surface area is 207 Å². The molecule has 8 heteroatoms. The van der Waals surface area contributed by atoms with Crippen LogP contribution in [0, 0.1) is 0 Å². The van der Waals surface area contributed by atoms with Crippen molar-refractivity contribution in [3.05, 3.63) is 81.3 Å². The van der Waals surface area contributed by atoms with Crippen LogP contribution in [0.2, 0.25) is 10.0 Å². The molecule has 0 aromatic heterocycles. The van der Waals surface area contributed by atoms with E-state index in [1.54, 1.807) is 7.11 Å². The van der Waals surface area contributed by atoms with Gasteiger partial charge < -0.3 is 19.5 Å². The smallest absolute Gasteiger partial charge is 0.295 e. The third-order valence-electron chi connectivity index (χ3n) is 5.88. The van der Waals surface area contributed by atoms with Crippen LogP contribution in [0.3, 0.4) is 0 Å². The van der Waals surface area contributed by atoms with E-state index in [-0.39, 0.29) is 39.2 Å². The molecular weight excluding hydrogens is 477 g/mol. The quantitative estimate of drug-likeness (QED) is 0.198. The number of ether oxygens (including phenoxy) is 2. The van der Waals surface area contributed by atoms with Gasteiger partial charge in [0, 0.05) is 25.8 Å². The number of aliphatic hydroxyl groups excluding tert-OH is 1. The van der Waals surface area contributed by atoms with Crippen molar-refractivity contribution in [1.82, 2.24) is 4.90 Å². The second kappa shape index (κ2) is 10.1. The van der Waals surface area contributed by atoms with Gasteiger partial charge in [-0.1, -0.05) is 65.7 Å². The van der Waals surface area contributed by atoms with E-state index in [0.29, 0.717) is 13.0 Å². The molecule has 4 rings (SSSR count). The van der Waals surface area contributed by atoms with E-state index in [1.165, 1.54) is 24.1 Å². The van der Waals surface area contributed by atoms with Crippen molar-refractivity contribution in [2.24, 2.45) is 0 Å². The van der Waals surface area contributed by atoms with E-state index in [9.17, 15) is 14.7 Å². The molecule has 34 heavy (non-hydrogen) atoms. The van der Waals surface area contributed by atoms with Crippen LogP contribution < -0.4 is 4.74 Å². The van der Waals surface area contributed by atoms with E-state index in [1.807, 2.05) is 42.5 Å². The molecule has 0 saturated carbocycles. The summed E-state index contributed by atoms with van der Waals surface area (Å²) in [7, 11) is 3.01. The van der Waals surface area contributed by atoms with Gasteiger partial charge in [-0.3, -0.25) is 9.59 Å². The summed E-state index contributed by atoms with van der Waals surface area (Å²) in [6.07, 6.45) is 0.533. The molecular formula is C26H23Cl2NO5. The summed E-state index contributed by atoms with van der Waals surface area (Å²) in [6, 6.07) is 15.5. The van der Waals surface area contributed by atoms with Crippen LogP contribution in [0.25, 0.3) is 16.5 Å². The number of carbonyl (C=O) groups is 2. The predicted molar refractivity (Wildman–Crippen MR) is 132 cm³/mol. The summed E-state index contributed by atoms with van der Waals surface area (Å²) in [5, 5.41) is 13.5. The lowest BCUT2D eigenvalue weighted by atomic mass is 9.91. The first-order valence-corrected chi connectivity index (χ1v) is 11.4. The van der Waals surface area contributed by atoms with Crippen LogP contribution in [0.4, 0.5) is 0 Å². The zero-order valence-corrected chi connectivity index (χ0v) is 20.2. The maximum atomic E-state index is 13.2. The fraction of sp³-hybridized carbons (Fsp3) is 0.231. The molecule has 3 aromatic carbocycles. The van der Waals surface area contributed by atoms with E-state index < -0.39 is 17.7 Å². The summed E-state index contributed by atoms with van der Waals surface area (Å²) in [6.45, 7) is 0.710. The molecule has 1 amide bonds. The molecule has 0 spiro atoms. The fourth-order valence-corrected chi connectivity index (χ4v) is 4.99. The normalized spacial score (nSPS) is 17.5. The number of fused-ring (bicyclic) bond motifs is 1. The monoisotopic (exact) mass is 499 g/mol. The Kier molecular flexibility index (Phi) is 7.12. The average molecular weight is 500 g/mol. The number of rotatable bonds is 7. The van der Waals surface area contributed by atoms with Gasteiger partial charge in [0.1, 0.15) is 5.76 Å². The first-order valence-electron chi connectivity index (χ1n) is 10.7. The molecule has 3 aromatic rings. The largest absolute Gasteiger partial charge is 0.507 e. The van der Waals surface area contributed by atoms with Crippen molar-refractivity contribution in [3.8, 4) is 5.75 Å². The molecule has 1 aliphatic rings. The molecule has 0 radical (unpaired) electrons. The van der Waals surface area contributed by atoms with Crippen LogP contribution in [0.1, 0.15) is 23.6 Å². The topological polar surface area (TPSA) is 76.1 Å². The van der Waals surface area contributed by atoms with E-state index >= 15 is 0 Å². The highest BCUT2D eigenvalue weighted by atomic mass is 35.5. The van der Waals surface area contributed by atoms with Crippen molar-refractivity contribution in [1.29, 1.82) is 0 Å². The van der Waals surface area contributed by atoms with Crippen molar-refractivity contribution in [2.75, 3.05) is 27.4 Å². The number of benzene rings is 3. The minimum Gasteiger partial charge on any atom is -0.507 e. The average Bonchev–Trinajstić information content (AvgIpc) is 3.08. The SMILES string of the molecule is COCCCN1C(=O)C(=O)/C(=C(/O)c2cc(Cl)c(OC)c(Cl)c2)C1c1cccc2ccccc12. The van der Waals surface area contributed by atoms with Crippen LogP contribution >= 0.6 is 23.2 Å². The van der Waals surface area contributed by atoms with Crippen molar-refractivity contribution in [3.63, 3.8) is 0 Å². The number of amides is 1. The Morgan fingerprint density at radius 3 is 2.38 bits per heavy atom. The number of Topliss-reactive ketones (excluding diaryl/α,β-unsaturated/α-hetero) is 1. The van der Waals surface area contributed by atoms with Crippen LogP contribution in [-0.2, 0) is 14.3 Å². The molecule has 0 aliphatic carbocycles. The predicted octanol–water partition coefficient (Wildman–Crippen LogP) is 5.61. The van der Waals surface area contributed by atoms with Crippen molar-refractivity contribution in [2.45, 2.75) is 12.5 Å². The summed E-state index contributed by atoms with van der Waals surface area (Å²) in [5.74, 6) is -1.54. The summed E-state index contributed by atoms with van der Waals surface area (Å²) < 4.78 is 10.3. The number of ketones is 1. The minimum atomic E-state index is -0.789. The first kappa shape index (κ1) is 24.1. The number of nitrogens with zero attached hydrogens (tertiary/aromatic N) is 1. The van der Waals surface area contributed by atoms with Gasteiger partial charge in [0.25, 0.3) is 11.7 Å². The number of halogens is 2. The van der Waals surface area contributed by atoms with Crippen LogP contribution in [0.15, 0.2) is 60.2 Å². The molecule has 0 bridgehead atoms. The highest BCUT2D eigenvalue weighted by Gasteiger charge is 2.46. The Morgan fingerprint density at radius 1 is 1.03 bits per heavy atom. The number of methoxy groups -OCH3 is 2. The number of likely N-dealkylation sites (tertiary alicyclic amines) is 1. The second-order valence-electron chi connectivity index (χ2n) is 7.88. The van der Waals surface area contributed by atoms with E-state index in [4.69, 9.17) is 32.7 Å². The van der Waals surface area contributed by atoms with Gasteiger partial charge in [-0.2, -0.15) is 0 Å². The molecule has 6 nitrogen and oxygen atoms in total. The van der Waals surface area contributed by atoms with Gasteiger partial charge in [-0.05, 0) is 34.9 Å². The third kappa shape index (κ3) is 4.25. The van der Waals surface area contributed by atoms with Gasteiger partial charge >= 0.3 is 0 Å². The van der Waals surface area contributed by atoms with E-state index in [2.05, 4.69) is 0 Å². The fourth-order valence-electron chi connectivity index (χ4n) is 4.35. The van der Waals surface area contributed by atoms with Gasteiger partial charge in [0.15, 0.2) is 5.75 Å². The van der Waals surface area contributed by atoms with Gasteiger partial charge in [-0.25, -0.2) is 0 Å². The van der Waals surface area contributed by atoms with Crippen molar-refractivity contribution < 1.29 is 24.2 Å². The maximum absolute atomic E-state index is 13.2. The lowest BCUT2D eigenvalue weighted by Gasteiger charge is -2.26. The summed E-state index contributed by atoms with van der Waals surface area (Å²) >= 11 is 12.6. The number of hydrogen-bond acceptors (Lipinski definition) is 5. The molecule has 1 fully saturated rings. The maximum Gasteiger partial charge on any atom is 0.295 e. The molecule has 1 saturated heterocycles. The third-order valence-corrected chi connectivity index (χ3v) is 6.44. The second-order valence-corrected chi connectivity index (χ2v) is 8.69. The molecule has 1 unspecified atom stereocenters. The van der Waals surface area contributed by atoms with Gasteiger partial charge in [0.2, 0.25) is 0 Å². The Bertz CT molecular complexity index is 1280. The zero-order chi connectivity index (χ0) is 24.4. The molecule has 1 aliphatic heterocycles. The minimum absolute atomic E-state index is 0.0175. The lowest BCUT2D eigenvalue weighted by molar-refractivity contribution is -0.140. The Balaban J connectivity index is 1.94. The highest BCUT2D eigenvalue weighted by molar-refractivity contribution is 6.47. The molecule has 1 atom stereocenters. The molecule has 1 heterocycles. The highest BCUT2D eigenvalue weighted by Crippen LogP contribution is 2.43. The number of hydrogen-bond donors (Lipinski definition) is 1. The Hall–Kier alpha value is -3.06. The molecule has 1 N–H and O–H groups in total. The summed E-state index contributed by atoms with van der Waals surface area (Å²) in [5.41, 5.74) is 0.939. The van der Waals surface area contributed by atoms with Gasteiger partial charge in [0.05, 0.1) is 28.8 Å². The first-order chi connectivity index (χ1) is 16.4.